The molecule has 0 aliphatic rings. The summed E-state index contributed by atoms with van der Waals surface area (Å²) >= 11 is 0. The number of nitrogens with zero attached hydrogens (tertiary/aromatic N) is 1. The zero-order valence-corrected chi connectivity index (χ0v) is 16.2. The van der Waals surface area contributed by atoms with Crippen molar-refractivity contribution in [3.05, 3.63) is 76.9 Å². The van der Waals surface area contributed by atoms with E-state index >= 15 is 0 Å². The minimum atomic E-state index is -1.86. The number of amides is 1. The maximum atomic E-state index is 14.2. The number of anilines is 1. The molecule has 3 aromatic carbocycles. The number of carbonyl (C=O) groups is 1. The molecule has 158 valence electrons. The minimum absolute atomic E-state index is 0.108. The predicted molar refractivity (Wildman–Crippen MR) is 105 cm³/mol. The lowest BCUT2D eigenvalue weighted by Gasteiger charge is -2.11. The monoisotopic (exact) mass is 430 g/mol. The fourth-order valence-electron chi connectivity index (χ4n) is 3.07. The third kappa shape index (κ3) is 3.58. The van der Waals surface area contributed by atoms with Crippen molar-refractivity contribution in [2.45, 2.75) is 6.92 Å². The average molecular weight is 430 g/mol. The van der Waals surface area contributed by atoms with Gasteiger partial charge in [-0.1, -0.05) is 12.1 Å². The van der Waals surface area contributed by atoms with Crippen LogP contribution in [0.15, 0.2) is 46.9 Å². The Balaban J connectivity index is 1.67. The molecule has 0 radical (unpaired) electrons. The number of oxazole rings is 1. The molecule has 0 atom stereocenters. The second-order valence-corrected chi connectivity index (χ2v) is 6.69. The van der Waals surface area contributed by atoms with Crippen molar-refractivity contribution < 1.29 is 31.5 Å². The number of nitrogens with one attached hydrogen (secondary N) is 1. The number of fused-ring (bicyclic) bond motifs is 1. The van der Waals surface area contributed by atoms with Gasteiger partial charge in [-0.25, -0.2) is 13.8 Å². The van der Waals surface area contributed by atoms with E-state index < -0.39 is 40.5 Å². The lowest BCUT2D eigenvalue weighted by molar-refractivity contribution is 0.101. The molecule has 0 fully saturated rings. The SMILES string of the molecule is COc1c(F)c(F)c(C(=O)Nc2cccc(-c3nc4cc(C)ccc4o3)c2)c(F)c1F. The average Bonchev–Trinajstić information content (AvgIpc) is 3.16. The number of benzene rings is 3. The maximum absolute atomic E-state index is 14.2. The number of hydrogen-bond acceptors (Lipinski definition) is 4. The minimum Gasteiger partial charge on any atom is -0.491 e. The smallest absolute Gasteiger partial charge is 0.261 e. The summed E-state index contributed by atoms with van der Waals surface area (Å²) in [6, 6.07) is 11.6. The number of aromatic nitrogens is 1. The summed E-state index contributed by atoms with van der Waals surface area (Å²) in [4.78, 5) is 16.8. The van der Waals surface area contributed by atoms with Crippen molar-refractivity contribution >= 4 is 22.7 Å². The van der Waals surface area contributed by atoms with Crippen LogP contribution in [0, 0.1) is 30.2 Å². The Kier molecular flexibility index (Phi) is 5.10. The number of ether oxygens (including phenoxy) is 1. The van der Waals surface area contributed by atoms with E-state index in [4.69, 9.17) is 4.42 Å². The molecule has 0 spiro atoms. The van der Waals surface area contributed by atoms with Crippen LogP contribution in [0.5, 0.6) is 5.75 Å². The van der Waals surface area contributed by atoms with Crippen LogP contribution in [0.3, 0.4) is 0 Å². The van der Waals surface area contributed by atoms with E-state index in [1.807, 2.05) is 19.1 Å². The quantitative estimate of drug-likeness (QED) is 0.337. The van der Waals surface area contributed by atoms with Crippen LogP contribution in [-0.4, -0.2) is 18.0 Å². The number of aryl methyl sites for hydroxylation is 1. The van der Waals surface area contributed by atoms with Gasteiger partial charge < -0.3 is 14.5 Å². The standard InChI is InChI=1S/C22H14F4N2O3/c1-10-6-7-14-13(8-10)28-22(31-14)11-4-3-5-12(9-11)27-21(29)15-16(23)18(25)20(30-2)19(26)17(15)24/h3-9H,1-2H3,(H,27,29). The van der Waals surface area contributed by atoms with Gasteiger partial charge in [0.2, 0.25) is 17.5 Å². The molecule has 0 saturated carbocycles. The van der Waals surface area contributed by atoms with E-state index in [2.05, 4.69) is 15.0 Å². The summed E-state index contributed by atoms with van der Waals surface area (Å²) < 4.78 is 66.2. The topological polar surface area (TPSA) is 64.4 Å². The number of carbonyl (C=O) groups excluding carboxylic acids is 1. The van der Waals surface area contributed by atoms with Crippen molar-refractivity contribution in [2.24, 2.45) is 0 Å². The van der Waals surface area contributed by atoms with E-state index in [9.17, 15) is 22.4 Å². The number of methoxy groups -OCH3 is 1. The van der Waals surface area contributed by atoms with Crippen LogP contribution in [-0.2, 0) is 0 Å². The first-order chi connectivity index (χ1) is 14.8. The lowest BCUT2D eigenvalue weighted by Crippen LogP contribution is -2.18. The molecule has 31 heavy (non-hydrogen) atoms. The Hall–Kier alpha value is -3.88. The highest BCUT2D eigenvalue weighted by Crippen LogP contribution is 2.31. The van der Waals surface area contributed by atoms with Gasteiger partial charge in [0.25, 0.3) is 5.91 Å². The second-order valence-electron chi connectivity index (χ2n) is 6.69. The van der Waals surface area contributed by atoms with Gasteiger partial charge in [-0.15, -0.1) is 0 Å². The molecule has 1 amide bonds. The predicted octanol–water partition coefficient (Wildman–Crippen LogP) is 5.62. The molecule has 0 saturated heterocycles. The first kappa shape index (κ1) is 20.4. The summed E-state index contributed by atoms with van der Waals surface area (Å²) in [5.74, 6) is -9.70. The maximum Gasteiger partial charge on any atom is 0.261 e. The van der Waals surface area contributed by atoms with Crippen molar-refractivity contribution in [1.29, 1.82) is 0 Å². The van der Waals surface area contributed by atoms with Gasteiger partial charge in [0.1, 0.15) is 11.1 Å². The van der Waals surface area contributed by atoms with E-state index in [0.29, 0.717) is 16.7 Å². The van der Waals surface area contributed by atoms with Gasteiger partial charge in [-0.2, -0.15) is 8.78 Å². The fraction of sp³-hybridized carbons (Fsp3) is 0.0909. The molecule has 0 unspecified atom stereocenters. The largest absolute Gasteiger partial charge is 0.491 e. The van der Waals surface area contributed by atoms with Crippen LogP contribution in [0.25, 0.3) is 22.6 Å². The number of rotatable bonds is 4. The van der Waals surface area contributed by atoms with Crippen LogP contribution in [0.2, 0.25) is 0 Å². The van der Waals surface area contributed by atoms with Crippen molar-refractivity contribution in [3.8, 4) is 17.2 Å². The van der Waals surface area contributed by atoms with Crippen LogP contribution >= 0.6 is 0 Å². The number of hydrogen-bond donors (Lipinski definition) is 1. The summed E-state index contributed by atoms with van der Waals surface area (Å²) in [5, 5.41) is 2.22. The molecule has 5 nitrogen and oxygen atoms in total. The van der Waals surface area contributed by atoms with Crippen molar-refractivity contribution in [3.63, 3.8) is 0 Å². The zero-order valence-electron chi connectivity index (χ0n) is 16.2. The van der Waals surface area contributed by atoms with Gasteiger partial charge in [-0.3, -0.25) is 4.79 Å². The van der Waals surface area contributed by atoms with Crippen LogP contribution in [0.1, 0.15) is 15.9 Å². The van der Waals surface area contributed by atoms with Gasteiger partial charge in [0.05, 0.1) is 7.11 Å². The molecule has 1 aromatic heterocycles. The molecule has 0 aliphatic heterocycles. The van der Waals surface area contributed by atoms with Gasteiger partial charge in [0.15, 0.2) is 23.0 Å². The van der Waals surface area contributed by atoms with E-state index in [1.54, 1.807) is 18.2 Å². The zero-order chi connectivity index (χ0) is 22.3. The van der Waals surface area contributed by atoms with Gasteiger partial charge >= 0.3 is 0 Å². The Morgan fingerprint density at radius 3 is 2.39 bits per heavy atom. The van der Waals surface area contributed by atoms with Crippen LogP contribution in [0.4, 0.5) is 23.2 Å². The van der Waals surface area contributed by atoms with Crippen molar-refractivity contribution in [2.75, 3.05) is 12.4 Å². The lowest BCUT2D eigenvalue weighted by atomic mass is 10.1. The Morgan fingerprint density at radius 1 is 1.00 bits per heavy atom. The van der Waals surface area contributed by atoms with Gasteiger partial charge in [-0.05, 0) is 42.8 Å². The van der Waals surface area contributed by atoms with Crippen molar-refractivity contribution in [1.82, 2.24) is 4.98 Å². The van der Waals surface area contributed by atoms with E-state index in [0.717, 1.165) is 12.7 Å². The van der Waals surface area contributed by atoms with Crippen LogP contribution < -0.4 is 10.1 Å². The molecule has 4 rings (SSSR count). The summed E-state index contributed by atoms with van der Waals surface area (Å²) in [6.45, 7) is 1.91. The fourth-order valence-corrected chi connectivity index (χ4v) is 3.07. The normalized spacial score (nSPS) is 11.0. The number of halogens is 4. The summed E-state index contributed by atoms with van der Waals surface area (Å²) in [7, 11) is 0.846. The third-order valence-corrected chi connectivity index (χ3v) is 4.56. The molecular weight excluding hydrogens is 416 g/mol. The molecular formula is C22H14F4N2O3. The van der Waals surface area contributed by atoms with E-state index in [1.165, 1.54) is 12.1 Å². The molecule has 1 heterocycles. The third-order valence-electron chi connectivity index (χ3n) is 4.56. The first-order valence-corrected chi connectivity index (χ1v) is 8.99. The Labute approximate surface area is 173 Å². The summed E-state index contributed by atoms with van der Waals surface area (Å²) in [5.41, 5.74) is 1.37. The molecule has 9 heteroatoms. The first-order valence-electron chi connectivity index (χ1n) is 8.99. The highest BCUT2D eigenvalue weighted by atomic mass is 19.2. The van der Waals surface area contributed by atoms with E-state index in [-0.39, 0.29) is 11.6 Å². The molecule has 0 aliphatic carbocycles. The van der Waals surface area contributed by atoms with Gasteiger partial charge in [0, 0.05) is 11.3 Å². The Morgan fingerprint density at radius 2 is 1.71 bits per heavy atom. The molecule has 1 N–H and O–H groups in total. The Bertz CT molecular complexity index is 1310. The molecule has 4 aromatic rings. The summed E-state index contributed by atoms with van der Waals surface area (Å²) in [6.07, 6.45) is 0. The highest BCUT2D eigenvalue weighted by Gasteiger charge is 2.30. The molecule has 0 bridgehead atoms. The highest BCUT2D eigenvalue weighted by molar-refractivity contribution is 6.05. The second kappa shape index (κ2) is 7.75.